The minimum atomic E-state index is -0.531. The summed E-state index contributed by atoms with van der Waals surface area (Å²) >= 11 is 0. The Labute approximate surface area is 92.0 Å². The van der Waals surface area contributed by atoms with Crippen LogP contribution in [0.3, 0.4) is 0 Å². The van der Waals surface area contributed by atoms with Crippen molar-refractivity contribution in [3.05, 3.63) is 42.7 Å². The fourth-order valence-corrected chi connectivity index (χ4v) is 1.14. The van der Waals surface area contributed by atoms with Crippen molar-refractivity contribution in [3.8, 4) is 0 Å². The lowest BCUT2D eigenvalue weighted by molar-refractivity contribution is 0.121. The van der Waals surface area contributed by atoms with Gasteiger partial charge in [0.2, 0.25) is 0 Å². The van der Waals surface area contributed by atoms with Crippen LogP contribution in [0.25, 0.3) is 0 Å². The molecule has 0 unspecified atom stereocenters. The topological polar surface area (TPSA) is 60.2 Å². The van der Waals surface area contributed by atoms with E-state index in [2.05, 4.69) is 10.3 Å². The van der Waals surface area contributed by atoms with Crippen molar-refractivity contribution in [2.75, 3.05) is 11.9 Å². The number of amides is 1. The number of carbonyl (C=O) groups excluding carboxylic acids is 1. The van der Waals surface area contributed by atoms with E-state index in [9.17, 15) is 4.79 Å². The summed E-state index contributed by atoms with van der Waals surface area (Å²) in [5.41, 5.74) is 0.743. The van der Waals surface area contributed by atoms with Gasteiger partial charge in [0, 0.05) is 12.7 Å². The number of benzene rings is 1. The van der Waals surface area contributed by atoms with Crippen LogP contribution in [-0.2, 0) is 0 Å². The summed E-state index contributed by atoms with van der Waals surface area (Å²) in [5, 5.41) is 7.05. The molecule has 0 atom stereocenters. The Morgan fingerprint density at radius 3 is 2.75 bits per heavy atom. The van der Waals surface area contributed by atoms with Crippen molar-refractivity contribution in [1.29, 1.82) is 0 Å². The molecule has 0 bridgehead atoms. The van der Waals surface area contributed by atoms with Crippen LogP contribution in [0.5, 0.6) is 0 Å². The quantitative estimate of drug-likeness (QED) is 0.704. The molecule has 1 amide bonds. The van der Waals surface area contributed by atoms with E-state index in [1.165, 1.54) is 17.3 Å². The molecule has 1 aromatic heterocycles. The lowest BCUT2D eigenvalue weighted by Gasteiger charge is -2.15. The second-order valence-electron chi connectivity index (χ2n) is 3.06. The molecule has 1 aromatic carbocycles. The first-order chi connectivity index (χ1) is 7.77. The summed E-state index contributed by atoms with van der Waals surface area (Å²) in [6.45, 7) is 0. The van der Waals surface area contributed by atoms with Gasteiger partial charge in [0.15, 0.2) is 0 Å². The summed E-state index contributed by atoms with van der Waals surface area (Å²) in [6.07, 6.45) is 2.34. The number of hydrogen-bond acceptors (Lipinski definition) is 4. The summed E-state index contributed by atoms with van der Waals surface area (Å²) in [5.74, 6) is 0. The number of rotatable bonds is 2. The van der Waals surface area contributed by atoms with Gasteiger partial charge in [0.25, 0.3) is 0 Å². The van der Waals surface area contributed by atoms with Crippen molar-refractivity contribution < 1.29 is 9.63 Å². The molecule has 82 valence electrons. The first kappa shape index (κ1) is 10.2. The van der Waals surface area contributed by atoms with Crippen LogP contribution in [0.4, 0.5) is 10.5 Å². The molecule has 2 aromatic rings. The lowest BCUT2D eigenvalue weighted by Crippen LogP contribution is -2.34. The average molecular weight is 218 g/mol. The Balaban J connectivity index is 2.05. The van der Waals surface area contributed by atoms with Gasteiger partial charge in [-0.3, -0.25) is 9.74 Å². The van der Waals surface area contributed by atoms with Gasteiger partial charge < -0.3 is 0 Å². The van der Waals surface area contributed by atoms with Gasteiger partial charge in [0.1, 0.15) is 0 Å². The van der Waals surface area contributed by atoms with Crippen LogP contribution < -0.4 is 9.74 Å². The van der Waals surface area contributed by atoms with E-state index in [0.717, 1.165) is 10.5 Å². The summed E-state index contributed by atoms with van der Waals surface area (Å²) in [6, 6.07) is 9.18. The molecule has 1 heterocycles. The van der Waals surface area contributed by atoms with Gasteiger partial charge in [-0.15, -0.1) is 5.10 Å². The van der Waals surface area contributed by atoms with Gasteiger partial charge in [-0.25, -0.2) is 4.79 Å². The van der Waals surface area contributed by atoms with Crippen molar-refractivity contribution in [2.45, 2.75) is 0 Å². The van der Waals surface area contributed by atoms with Gasteiger partial charge in [-0.05, 0) is 17.3 Å². The Morgan fingerprint density at radius 1 is 1.38 bits per heavy atom. The normalized spacial score (nSPS) is 9.81. The monoisotopic (exact) mass is 218 g/mol. The first-order valence-corrected chi connectivity index (χ1v) is 4.65. The maximum Gasteiger partial charge on any atom is 0.440 e. The molecule has 0 aliphatic carbocycles. The van der Waals surface area contributed by atoms with Gasteiger partial charge in [0.05, 0.1) is 12.4 Å². The van der Waals surface area contributed by atoms with Crippen LogP contribution in [0, 0.1) is 0 Å². The van der Waals surface area contributed by atoms with Crippen molar-refractivity contribution >= 4 is 11.8 Å². The Hall–Kier alpha value is -2.37. The van der Waals surface area contributed by atoms with Gasteiger partial charge in [-0.2, -0.15) is 0 Å². The molecular formula is C10H10N4O2. The zero-order valence-electron chi connectivity index (χ0n) is 8.65. The molecule has 0 spiro atoms. The number of nitrogens with zero attached hydrogens (tertiary/aromatic N) is 4. The molecule has 6 nitrogen and oxygen atoms in total. The maximum absolute atomic E-state index is 11.6. The maximum atomic E-state index is 11.6. The highest BCUT2D eigenvalue weighted by Gasteiger charge is 2.13. The molecule has 0 radical (unpaired) electrons. The van der Waals surface area contributed by atoms with Crippen molar-refractivity contribution in [1.82, 2.24) is 15.2 Å². The Bertz CT molecular complexity index is 455. The van der Waals surface area contributed by atoms with Gasteiger partial charge >= 0.3 is 6.09 Å². The molecular weight excluding hydrogens is 208 g/mol. The van der Waals surface area contributed by atoms with Crippen molar-refractivity contribution in [2.24, 2.45) is 0 Å². The lowest BCUT2D eigenvalue weighted by atomic mass is 10.3. The third-order valence-electron chi connectivity index (χ3n) is 1.99. The molecule has 0 N–H and O–H groups in total. The molecule has 2 rings (SSSR count). The van der Waals surface area contributed by atoms with Crippen LogP contribution in [0.15, 0.2) is 42.7 Å². The molecule has 0 aliphatic rings. The zero-order chi connectivity index (χ0) is 11.4. The van der Waals surface area contributed by atoms with Crippen LogP contribution in [-0.4, -0.2) is 28.3 Å². The van der Waals surface area contributed by atoms with Gasteiger partial charge in [-0.1, -0.05) is 23.0 Å². The van der Waals surface area contributed by atoms with E-state index in [1.54, 1.807) is 7.05 Å². The van der Waals surface area contributed by atoms with E-state index in [1.807, 2.05) is 30.3 Å². The minimum Gasteiger partial charge on any atom is -0.297 e. The summed E-state index contributed by atoms with van der Waals surface area (Å²) in [7, 11) is 1.62. The second-order valence-corrected chi connectivity index (χ2v) is 3.06. The number of para-hydroxylation sites is 1. The second kappa shape index (κ2) is 4.43. The molecule has 6 heteroatoms. The van der Waals surface area contributed by atoms with E-state index in [-0.39, 0.29) is 0 Å². The minimum absolute atomic E-state index is 0.531. The predicted octanol–water partition coefficient (Wildman–Crippen LogP) is 0.963. The third kappa shape index (κ3) is 2.17. The highest BCUT2D eigenvalue weighted by molar-refractivity contribution is 5.86. The molecule has 0 fully saturated rings. The summed E-state index contributed by atoms with van der Waals surface area (Å²) < 4.78 is 0. The fourth-order valence-electron chi connectivity index (χ4n) is 1.14. The standard InChI is InChI=1S/C10H10N4O2/c1-13(9-5-3-2-4-6-9)10(15)16-14-8-7-11-12-14/h2-8H,1H3. The highest BCUT2D eigenvalue weighted by atomic mass is 16.7. The predicted molar refractivity (Wildman–Crippen MR) is 56.8 cm³/mol. The van der Waals surface area contributed by atoms with Crippen LogP contribution in [0.2, 0.25) is 0 Å². The molecule has 0 saturated carbocycles. The highest BCUT2D eigenvalue weighted by Crippen LogP contribution is 2.10. The Kier molecular flexibility index (Phi) is 2.81. The average Bonchev–Trinajstić information content (AvgIpc) is 2.82. The largest absolute Gasteiger partial charge is 0.440 e. The van der Waals surface area contributed by atoms with Crippen LogP contribution >= 0.6 is 0 Å². The summed E-state index contributed by atoms with van der Waals surface area (Å²) in [4.78, 5) is 18.9. The van der Waals surface area contributed by atoms with Crippen molar-refractivity contribution in [3.63, 3.8) is 0 Å². The fraction of sp³-hybridized carbons (Fsp3) is 0.100. The first-order valence-electron chi connectivity index (χ1n) is 4.65. The smallest absolute Gasteiger partial charge is 0.297 e. The third-order valence-corrected chi connectivity index (χ3v) is 1.99. The van der Waals surface area contributed by atoms with E-state index in [0.29, 0.717) is 0 Å². The SMILES string of the molecule is CN(C(=O)On1ccnn1)c1ccccc1. The molecule has 0 saturated heterocycles. The number of carbonyl (C=O) groups is 1. The zero-order valence-corrected chi connectivity index (χ0v) is 8.65. The van der Waals surface area contributed by atoms with Crippen LogP contribution in [0.1, 0.15) is 0 Å². The number of hydrogen-bond donors (Lipinski definition) is 0. The number of aromatic nitrogens is 3. The number of anilines is 1. The van der Waals surface area contributed by atoms with E-state index >= 15 is 0 Å². The van der Waals surface area contributed by atoms with E-state index in [4.69, 9.17) is 4.84 Å². The van der Waals surface area contributed by atoms with E-state index < -0.39 is 6.09 Å². The molecule has 0 aliphatic heterocycles. The Morgan fingerprint density at radius 2 is 2.12 bits per heavy atom. The molecule has 16 heavy (non-hydrogen) atoms.